The third-order valence-corrected chi connectivity index (χ3v) is 1.61. The summed E-state index contributed by atoms with van der Waals surface area (Å²) in [4.78, 5) is 10.8. The zero-order chi connectivity index (χ0) is 11.7. The normalized spacial score (nSPS) is 14.7. The lowest BCUT2D eigenvalue weighted by Crippen LogP contribution is -2.39. The first-order valence-electron chi connectivity index (χ1n) is 4.94. The first-order valence-corrected chi connectivity index (χ1v) is 4.94. The summed E-state index contributed by atoms with van der Waals surface area (Å²) in [5, 5.41) is 0. The van der Waals surface area contributed by atoms with E-state index in [4.69, 9.17) is 18.9 Å². The van der Waals surface area contributed by atoms with Crippen molar-refractivity contribution in [2.45, 2.75) is 26.6 Å². The molecule has 0 saturated carbocycles. The molecule has 90 valence electrons. The van der Waals surface area contributed by atoms with Crippen molar-refractivity contribution in [1.82, 2.24) is 0 Å². The lowest BCUT2D eigenvalue weighted by atomic mass is 10.3. The molecule has 15 heavy (non-hydrogen) atoms. The average Bonchev–Trinajstić information content (AvgIpc) is 2.11. The maximum Gasteiger partial charge on any atom is 0.305 e. The van der Waals surface area contributed by atoms with E-state index in [0.29, 0.717) is 19.8 Å². The minimum absolute atomic E-state index is 0.193. The smallest absolute Gasteiger partial charge is 0.305 e. The van der Waals surface area contributed by atoms with E-state index in [1.165, 1.54) is 14.0 Å². The molecule has 0 spiro atoms. The molecule has 0 aliphatic heterocycles. The number of carbonyl (C=O) groups is 1. The number of hydrogen-bond donors (Lipinski definition) is 0. The van der Waals surface area contributed by atoms with Gasteiger partial charge in [-0.1, -0.05) is 0 Å². The molecule has 0 aliphatic carbocycles. The molecule has 0 amide bonds. The highest BCUT2D eigenvalue weighted by atomic mass is 16.7. The van der Waals surface area contributed by atoms with Gasteiger partial charge in [-0.2, -0.15) is 0 Å². The molecular weight excluding hydrogens is 200 g/mol. The van der Waals surface area contributed by atoms with Crippen LogP contribution in [0.15, 0.2) is 0 Å². The summed E-state index contributed by atoms with van der Waals surface area (Å²) in [5.41, 5.74) is 0. The van der Waals surface area contributed by atoms with Crippen LogP contribution in [-0.2, 0) is 23.7 Å². The molecule has 0 radical (unpaired) electrons. The van der Waals surface area contributed by atoms with Crippen molar-refractivity contribution in [2.24, 2.45) is 0 Å². The van der Waals surface area contributed by atoms with Gasteiger partial charge in [-0.15, -0.1) is 0 Å². The number of rotatable bonds is 8. The maximum absolute atomic E-state index is 10.8. The zero-order valence-corrected chi connectivity index (χ0v) is 9.87. The summed E-state index contributed by atoms with van der Waals surface area (Å²) in [5.74, 6) is -1.43. The summed E-state index contributed by atoms with van der Waals surface area (Å²) in [6, 6.07) is 0. The molecular formula is C10H20O5. The molecule has 5 heteroatoms. The fourth-order valence-corrected chi connectivity index (χ4v) is 1.13. The Morgan fingerprint density at radius 1 is 1.33 bits per heavy atom. The first kappa shape index (κ1) is 14.3. The molecule has 0 aromatic carbocycles. The molecule has 0 saturated heterocycles. The van der Waals surface area contributed by atoms with Gasteiger partial charge >= 0.3 is 5.97 Å². The van der Waals surface area contributed by atoms with Gasteiger partial charge in [0.25, 0.3) is 0 Å². The van der Waals surface area contributed by atoms with Crippen LogP contribution in [-0.4, -0.2) is 45.3 Å². The third-order valence-electron chi connectivity index (χ3n) is 1.61. The van der Waals surface area contributed by atoms with Crippen molar-refractivity contribution < 1.29 is 23.7 Å². The van der Waals surface area contributed by atoms with Crippen LogP contribution in [0.1, 0.15) is 20.8 Å². The predicted octanol–water partition coefficient (Wildman–Crippen LogP) is 0.965. The average molecular weight is 220 g/mol. The van der Waals surface area contributed by atoms with Gasteiger partial charge in [-0.25, -0.2) is 0 Å². The summed E-state index contributed by atoms with van der Waals surface area (Å²) in [6.07, 6.45) is 0. The lowest BCUT2D eigenvalue weighted by Gasteiger charge is -2.28. The van der Waals surface area contributed by atoms with Gasteiger partial charge in [0.15, 0.2) is 0 Å². The van der Waals surface area contributed by atoms with Gasteiger partial charge < -0.3 is 18.9 Å². The number of methoxy groups -OCH3 is 1. The van der Waals surface area contributed by atoms with Crippen molar-refractivity contribution >= 4 is 5.97 Å². The zero-order valence-electron chi connectivity index (χ0n) is 9.87. The molecule has 0 rings (SSSR count). The molecule has 1 atom stereocenters. The minimum Gasteiger partial charge on any atom is -0.431 e. The van der Waals surface area contributed by atoms with E-state index in [2.05, 4.69) is 0 Å². The highest BCUT2D eigenvalue weighted by molar-refractivity contribution is 5.66. The van der Waals surface area contributed by atoms with Crippen LogP contribution in [0.3, 0.4) is 0 Å². The highest BCUT2D eigenvalue weighted by Gasteiger charge is 2.28. The number of carbonyl (C=O) groups excluding carboxylic acids is 1. The van der Waals surface area contributed by atoms with Crippen molar-refractivity contribution in [3.05, 3.63) is 0 Å². The summed E-state index contributed by atoms with van der Waals surface area (Å²) >= 11 is 0. The second-order valence-corrected chi connectivity index (χ2v) is 3.21. The van der Waals surface area contributed by atoms with Gasteiger partial charge in [0.2, 0.25) is 5.79 Å². The number of esters is 1. The van der Waals surface area contributed by atoms with Crippen LogP contribution in [0.4, 0.5) is 0 Å². The Balaban J connectivity index is 3.95. The molecule has 1 unspecified atom stereocenters. The predicted molar refractivity (Wildman–Crippen MR) is 54.5 cm³/mol. The Morgan fingerprint density at radius 2 is 2.00 bits per heavy atom. The summed E-state index contributed by atoms with van der Waals surface area (Å²) < 4.78 is 20.4. The van der Waals surface area contributed by atoms with Crippen LogP contribution in [0.25, 0.3) is 0 Å². The minimum atomic E-state index is -1.03. The highest BCUT2D eigenvalue weighted by Crippen LogP contribution is 2.13. The van der Waals surface area contributed by atoms with Crippen LogP contribution in [0.2, 0.25) is 0 Å². The fraction of sp³-hybridized carbons (Fsp3) is 0.900. The van der Waals surface area contributed by atoms with Crippen LogP contribution < -0.4 is 0 Å². The van der Waals surface area contributed by atoms with Gasteiger partial charge in [-0.05, 0) is 6.92 Å². The van der Waals surface area contributed by atoms with Gasteiger partial charge in [-0.3, -0.25) is 4.79 Å². The van der Waals surface area contributed by atoms with Crippen molar-refractivity contribution in [2.75, 3.05) is 33.5 Å². The SMILES string of the molecule is CCOCCOC(C)(COC)OC(C)=O. The largest absolute Gasteiger partial charge is 0.431 e. The number of hydrogen-bond acceptors (Lipinski definition) is 5. The van der Waals surface area contributed by atoms with Gasteiger partial charge in [0.1, 0.15) is 6.61 Å². The van der Waals surface area contributed by atoms with E-state index in [0.717, 1.165) is 0 Å². The van der Waals surface area contributed by atoms with E-state index >= 15 is 0 Å². The molecule has 5 nitrogen and oxygen atoms in total. The monoisotopic (exact) mass is 220 g/mol. The maximum atomic E-state index is 10.8. The van der Waals surface area contributed by atoms with E-state index < -0.39 is 11.8 Å². The van der Waals surface area contributed by atoms with Gasteiger partial charge in [0, 0.05) is 27.6 Å². The number of ether oxygens (including phenoxy) is 4. The van der Waals surface area contributed by atoms with E-state index in [1.54, 1.807) is 6.92 Å². The van der Waals surface area contributed by atoms with Crippen molar-refractivity contribution in [1.29, 1.82) is 0 Å². The molecule has 0 aromatic rings. The Morgan fingerprint density at radius 3 is 2.47 bits per heavy atom. The Labute approximate surface area is 90.6 Å². The summed E-state index contributed by atoms with van der Waals surface area (Å²) in [6.45, 7) is 6.55. The molecule has 0 aromatic heterocycles. The topological polar surface area (TPSA) is 54.0 Å². The van der Waals surface area contributed by atoms with Crippen molar-refractivity contribution in [3.8, 4) is 0 Å². The van der Waals surface area contributed by atoms with E-state index in [9.17, 15) is 4.79 Å². The van der Waals surface area contributed by atoms with E-state index in [1.807, 2.05) is 6.92 Å². The molecule has 0 fully saturated rings. The van der Waals surface area contributed by atoms with Gasteiger partial charge in [0.05, 0.1) is 13.2 Å². The fourth-order valence-electron chi connectivity index (χ4n) is 1.13. The van der Waals surface area contributed by atoms with Crippen LogP contribution in [0.5, 0.6) is 0 Å². The molecule has 0 bridgehead atoms. The second-order valence-electron chi connectivity index (χ2n) is 3.21. The van der Waals surface area contributed by atoms with Crippen LogP contribution >= 0.6 is 0 Å². The standard InChI is InChI=1S/C10H20O5/c1-5-13-6-7-14-10(3,8-12-4)15-9(2)11/h5-8H2,1-4H3. The third kappa shape index (κ3) is 7.30. The lowest BCUT2D eigenvalue weighted by molar-refractivity contribution is -0.241. The molecule has 0 aliphatic rings. The van der Waals surface area contributed by atoms with E-state index in [-0.39, 0.29) is 6.61 Å². The Bertz CT molecular complexity index is 183. The molecule has 0 heterocycles. The Kier molecular flexibility index (Phi) is 7.29. The van der Waals surface area contributed by atoms with Crippen molar-refractivity contribution in [3.63, 3.8) is 0 Å². The second kappa shape index (κ2) is 7.62. The quantitative estimate of drug-likeness (QED) is 0.346. The summed E-state index contributed by atoms with van der Waals surface area (Å²) in [7, 11) is 1.52. The molecule has 0 N–H and O–H groups in total. The van der Waals surface area contributed by atoms with Crippen LogP contribution in [0, 0.1) is 0 Å². The first-order chi connectivity index (χ1) is 7.04. The Hall–Kier alpha value is -0.650.